The van der Waals surface area contributed by atoms with Gasteiger partial charge in [0.25, 0.3) is 0 Å². The van der Waals surface area contributed by atoms with Crippen molar-refractivity contribution < 1.29 is 13.5 Å². The van der Waals surface area contributed by atoms with E-state index in [-0.39, 0.29) is 5.56 Å². The Morgan fingerprint density at radius 3 is 1.84 bits per heavy atom. The largest absolute Gasteiger partial charge is 0.369 e. The highest BCUT2D eigenvalue weighted by Crippen LogP contribution is 2.23. The molecule has 0 spiro atoms. The molecule has 152 valence electrons. The third-order valence-electron chi connectivity index (χ3n) is 4.24. The molecule has 0 atom stereocenters. The molecule has 0 radical (unpaired) electrons. The van der Waals surface area contributed by atoms with Crippen LogP contribution in [-0.2, 0) is 4.74 Å². The molecule has 0 aliphatic rings. The molecule has 31 heavy (non-hydrogen) atoms. The van der Waals surface area contributed by atoms with Crippen LogP contribution in [0, 0.1) is 35.3 Å². The van der Waals surface area contributed by atoms with Gasteiger partial charge in [-0.15, -0.1) is 0 Å². The Morgan fingerprint density at radius 1 is 0.806 bits per heavy atom. The van der Waals surface area contributed by atoms with Gasteiger partial charge in [0, 0.05) is 23.3 Å². The van der Waals surface area contributed by atoms with Gasteiger partial charge in [-0.2, -0.15) is 4.99 Å². The first-order chi connectivity index (χ1) is 15.1. The van der Waals surface area contributed by atoms with Gasteiger partial charge in [-0.25, -0.2) is 8.78 Å². The predicted octanol–water partition coefficient (Wildman–Crippen LogP) is 6.15. The fourth-order valence-corrected chi connectivity index (χ4v) is 2.81. The van der Waals surface area contributed by atoms with Crippen molar-refractivity contribution in [3.05, 3.63) is 89.0 Å². The fraction of sp³-hybridized carbons (Fsp3) is 0.115. The first kappa shape index (κ1) is 22.1. The van der Waals surface area contributed by atoms with E-state index < -0.39 is 17.3 Å². The minimum Gasteiger partial charge on any atom is -0.369 e. The van der Waals surface area contributed by atoms with Crippen molar-refractivity contribution in [2.75, 3.05) is 13.2 Å². The zero-order chi connectivity index (χ0) is 22.1. The molecule has 3 rings (SSSR count). The molecule has 2 nitrogen and oxygen atoms in total. The van der Waals surface area contributed by atoms with Crippen LogP contribution >= 0.6 is 12.2 Å². The van der Waals surface area contributed by atoms with Crippen LogP contribution in [0.25, 0.3) is 11.1 Å². The summed E-state index contributed by atoms with van der Waals surface area (Å²) in [7, 11) is 0. The Bertz CT molecular complexity index is 1210. The summed E-state index contributed by atoms with van der Waals surface area (Å²) in [6, 6.07) is 17.8. The second-order valence-electron chi connectivity index (χ2n) is 6.34. The maximum Gasteiger partial charge on any atom is 0.153 e. The van der Waals surface area contributed by atoms with Crippen LogP contribution in [0.5, 0.6) is 0 Å². The molecule has 0 saturated heterocycles. The number of ether oxygens (including phenoxy) is 1. The first-order valence-corrected chi connectivity index (χ1v) is 9.87. The summed E-state index contributed by atoms with van der Waals surface area (Å²) in [6.45, 7) is 3.01. The number of halogens is 2. The minimum atomic E-state index is -0.831. The number of benzene rings is 3. The van der Waals surface area contributed by atoms with Crippen LogP contribution < -0.4 is 0 Å². The minimum absolute atomic E-state index is 0.212. The molecule has 0 N–H and O–H groups in total. The third kappa shape index (κ3) is 6.19. The molecule has 0 heterocycles. The highest BCUT2D eigenvalue weighted by atomic mass is 32.1. The predicted molar refractivity (Wildman–Crippen MR) is 122 cm³/mol. The monoisotopic (exact) mass is 429 g/mol. The Kier molecular flexibility index (Phi) is 7.82. The van der Waals surface area contributed by atoms with Crippen molar-refractivity contribution in [3.8, 4) is 34.8 Å². The van der Waals surface area contributed by atoms with Crippen LogP contribution in [0.1, 0.15) is 23.6 Å². The average molecular weight is 429 g/mol. The van der Waals surface area contributed by atoms with Crippen molar-refractivity contribution in [2.45, 2.75) is 6.92 Å². The van der Waals surface area contributed by atoms with Crippen molar-refractivity contribution in [1.82, 2.24) is 0 Å². The molecule has 3 aromatic carbocycles. The number of hydrogen-bond acceptors (Lipinski definition) is 3. The van der Waals surface area contributed by atoms with E-state index >= 15 is 0 Å². The van der Waals surface area contributed by atoms with Crippen LogP contribution in [0.3, 0.4) is 0 Å². The summed E-state index contributed by atoms with van der Waals surface area (Å²) in [4.78, 5) is 3.38. The van der Waals surface area contributed by atoms with Crippen LogP contribution in [0.2, 0.25) is 0 Å². The van der Waals surface area contributed by atoms with Crippen LogP contribution in [0.4, 0.5) is 14.5 Å². The van der Waals surface area contributed by atoms with Gasteiger partial charge in [0.1, 0.15) is 12.3 Å². The number of thiocarbonyl (C=S) groups is 1. The molecular formula is C26H17F2NOS. The lowest BCUT2D eigenvalue weighted by molar-refractivity contribution is 0.182. The molecule has 0 aliphatic heterocycles. The highest BCUT2D eigenvalue weighted by Gasteiger charge is 2.09. The molecule has 0 aromatic heterocycles. The second-order valence-corrected chi connectivity index (χ2v) is 6.52. The number of rotatable bonds is 4. The van der Waals surface area contributed by atoms with Gasteiger partial charge in [-0.05, 0) is 66.7 Å². The van der Waals surface area contributed by atoms with E-state index in [1.165, 1.54) is 0 Å². The Labute approximate surface area is 185 Å². The topological polar surface area (TPSA) is 21.6 Å². The summed E-state index contributed by atoms with van der Waals surface area (Å²) >= 11 is 4.39. The Morgan fingerprint density at radius 2 is 1.32 bits per heavy atom. The molecular weight excluding hydrogens is 412 g/mol. The molecule has 0 aliphatic carbocycles. The molecule has 0 saturated carbocycles. The Hall–Kier alpha value is -3.60. The smallest absolute Gasteiger partial charge is 0.153 e. The van der Waals surface area contributed by atoms with E-state index in [2.05, 4.69) is 40.9 Å². The maximum atomic E-state index is 13.9. The van der Waals surface area contributed by atoms with E-state index in [1.54, 1.807) is 0 Å². The zero-order valence-corrected chi connectivity index (χ0v) is 17.5. The van der Waals surface area contributed by atoms with Gasteiger partial charge in [0.05, 0.1) is 5.16 Å². The van der Waals surface area contributed by atoms with Gasteiger partial charge < -0.3 is 4.74 Å². The summed E-state index contributed by atoms with van der Waals surface area (Å²) in [5.41, 5.74) is 3.48. The van der Waals surface area contributed by atoms with Gasteiger partial charge in [0.2, 0.25) is 0 Å². The van der Waals surface area contributed by atoms with Gasteiger partial charge in [0.15, 0.2) is 11.6 Å². The number of nitrogens with zero attached hydrogens (tertiary/aromatic N) is 1. The lowest BCUT2D eigenvalue weighted by Crippen LogP contribution is -1.88. The maximum absolute atomic E-state index is 13.9. The first-order valence-electron chi connectivity index (χ1n) is 9.46. The van der Waals surface area contributed by atoms with Crippen molar-refractivity contribution >= 4 is 23.1 Å². The van der Waals surface area contributed by atoms with Gasteiger partial charge in [-0.1, -0.05) is 47.9 Å². The SMILES string of the molecule is CCOCC#Cc1ccc(-c2ccc(C#Cc3cc(F)c(N=C=S)c(F)c3)cc2)cc1. The molecule has 5 heteroatoms. The fourth-order valence-electron chi connectivity index (χ4n) is 2.72. The quantitative estimate of drug-likeness (QED) is 0.215. The van der Waals surface area contributed by atoms with Gasteiger partial charge >= 0.3 is 0 Å². The summed E-state index contributed by atoms with van der Waals surface area (Å²) in [5, 5.41) is 1.96. The van der Waals surface area contributed by atoms with E-state index in [1.807, 2.05) is 60.6 Å². The van der Waals surface area contributed by atoms with Crippen LogP contribution in [0.15, 0.2) is 65.7 Å². The normalized spacial score (nSPS) is 9.65. The zero-order valence-electron chi connectivity index (χ0n) is 16.7. The van der Waals surface area contributed by atoms with E-state index in [9.17, 15) is 8.78 Å². The van der Waals surface area contributed by atoms with Gasteiger partial charge in [-0.3, -0.25) is 0 Å². The van der Waals surface area contributed by atoms with Crippen molar-refractivity contribution in [2.24, 2.45) is 4.99 Å². The van der Waals surface area contributed by atoms with Crippen LogP contribution in [-0.4, -0.2) is 18.4 Å². The standard InChI is InChI=1S/C26H17F2NOS/c1-2-30-15-3-4-19-7-11-22(12-8-19)23-13-9-20(10-14-23)5-6-21-16-24(27)26(29-18-31)25(28)17-21/h7-14,16-17H,2,15H2,1H3. The third-order valence-corrected chi connectivity index (χ3v) is 4.33. The van der Waals surface area contributed by atoms with Crippen molar-refractivity contribution in [1.29, 1.82) is 0 Å². The lowest BCUT2D eigenvalue weighted by Gasteiger charge is -2.02. The second kappa shape index (κ2) is 11.0. The highest BCUT2D eigenvalue weighted by molar-refractivity contribution is 7.78. The molecule has 3 aromatic rings. The number of isothiocyanates is 1. The summed E-state index contributed by atoms with van der Waals surface area (Å²) < 4.78 is 33.0. The summed E-state index contributed by atoms with van der Waals surface area (Å²) in [5.74, 6) is 10.0. The molecule has 0 unspecified atom stereocenters. The summed E-state index contributed by atoms with van der Waals surface area (Å²) in [6.07, 6.45) is 0. The molecule has 0 fully saturated rings. The van der Waals surface area contributed by atoms with E-state index in [0.717, 1.165) is 34.4 Å². The lowest BCUT2D eigenvalue weighted by atomic mass is 10.0. The Balaban J connectivity index is 1.73. The van der Waals surface area contributed by atoms with E-state index in [4.69, 9.17) is 4.74 Å². The molecule has 0 bridgehead atoms. The van der Waals surface area contributed by atoms with E-state index in [0.29, 0.717) is 13.2 Å². The molecule has 0 amide bonds. The average Bonchev–Trinajstić information content (AvgIpc) is 2.79. The number of aliphatic imine (C=N–C) groups is 1. The number of hydrogen-bond donors (Lipinski definition) is 0. The van der Waals surface area contributed by atoms with Crippen molar-refractivity contribution in [3.63, 3.8) is 0 Å².